The van der Waals surface area contributed by atoms with E-state index >= 15 is 0 Å². The fourth-order valence-corrected chi connectivity index (χ4v) is 2.59. The van der Waals surface area contributed by atoms with E-state index in [2.05, 4.69) is 17.3 Å². The first-order valence-electron chi connectivity index (χ1n) is 6.74. The van der Waals surface area contributed by atoms with Crippen LogP contribution in [0.5, 0.6) is 0 Å². The zero-order valence-corrected chi connectivity index (χ0v) is 11.3. The van der Waals surface area contributed by atoms with Crippen molar-refractivity contribution in [2.24, 2.45) is 5.92 Å². The lowest BCUT2D eigenvalue weighted by atomic mass is 9.87. The minimum Gasteiger partial charge on any atom is -0.352 e. The Morgan fingerprint density at radius 1 is 1.50 bits per heavy atom. The Labute approximate surface area is 115 Å². The Morgan fingerprint density at radius 3 is 2.85 bits per heavy atom. The van der Waals surface area contributed by atoms with Crippen LogP contribution in [0.3, 0.4) is 0 Å². The number of nitrogens with one attached hydrogen (secondary N) is 1. The molecule has 2 unspecified atom stereocenters. The van der Waals surface area contributed by atoms with Crippen LogP contribution in [-0.2, 0) is 17.5 Å². The SMILES string of the molecule is CC1CCCC(NC(=O)Cn2ccc(C(F)(F)F)n2)C1. The molecule has 0 saturated heterocycles. The third-order valence-electron chi connectivity index (χ3n) is 3.54. The van der Waals surface area contributed by atoms with Gasteiger partial charge >= 0.3 is 6.18 Å². The van der Waals surface area contributed by atoms with E-state index in [4.69, 9.17) is 0 Å². The second-order valence-corrected chi connectivity index (χ2v) is 5.43. The summed E-state index contributed by atoms with van der Waals surface area (Å²) in [6.45, 7) is 1.96. The lowest BCUT2D eigenvalue weighted by Crippen LogP contribution is -2.39. The van der Waals surface area contributed by atoms with Gasteiger partial charge in [0.15, 0.2) is 5.69 Å². The minimum atomic E-state index is -4.47. The predicted molar refractivity (Wildman–Crippen MR) is 66.8 cm³/mol. The fraction of sp³-hybridized carbons (Fsp3) is 0.692. The molecule has 0 radical (unpaired) electrons. The summed E-state index contributed by atoms with van der Waals surface area (Å²) in [5.74, 6) is 0.288. The maximum absolute atomic E-state index is 12.4. The smallest absolute Gasteiger partial charge is 0.352 e. The molecule has 0 aliphatic heterocycles. The summed E-state index contributed by atoms with van der Waals surface area (Å²) < 4.78 is 38.2. The van der Waals surface area contributed by atoms with Crippen molar-refractivity contribution in [2.45, 2.75) is 51.4 Å². The van der Waals surface area contributed by atoms with E-state index in [1.807, 2.05) is 0 Å². The molecular weight excluding hydrogens is 271 g/mol. The number of nitrogens with zero attached hydrogens (tertiary/aromatic N) is 2. The lowest BCUT2D eigenvalue weighted by molar-refractivity contribution is -0.141. The van der Waals surface area contributed by atoms with Gasteiger partial charge in [-0.05, 0) is 24.8 Å². The Balaban J connectivity index is 1.86. The summed E-state index contributed by atoms with van der Waals surface area (Å²) in [4.78, 5) is 11.8. The van der Waals surface area contributed by atoms with Crippen LogP contribution in [0.1, 0.15) is 38.3 Å². The van der Waals surface area contributed by atoms with E-state index in [-0.39, 0.29) is 18.5 Å². The van der Waals surface area contributed by atoms with Crippen LogP contribution in [0.25, 0.3) is 0 Å². The molecular formula is C13H18F3N3O. The van der Waals surface area contributed by atoms with Crippen LogP contribution in [0, 0.1) is 5.92 Å². The fourth-order valence-electron chi connectivity index (χ4n) is 2.59. The number of carbonyl (C=O) groups excluding carboxylic acids is 1. The van der Waals surface area contributed by atoms with Gasteiger partial charge in [0.05, 0.1) is 0 Å². The van der Waals surface area contributed by atoms with Crippen molar-refractivity contribution in [1.29, 1.82) is 0 Å². The molecule has 1 fully saturated rings. The zero-order valence-electron chi connectivity index (χ0n) is 11.3. The molecule has 0 bridgehead atoms. The van der Waals surface area contributed by atoms with Gasteiger partial charge in [-0.3, -0.25) is 9.48 Å². The summed E-state index contributed by atoms with van der Waals surface area (Å²) >= 11 is 0. The molecule has 0 aromatic carbocycles. The van der Waals surface area contributed by atoms with Crippen molar-refractivity contribution in [1.82, 2.24) is 15.1 Å². The minimum absolute atomic E-state index is 0.129. The highest BCUT2D eigenvalue weighted by molar-refractivity contribution is 5.75. The van der Waals surface area contributed by atoms with Gasteiger partial charge in [-0.25, -0.2) is 0 Å². The Morgan fingerprint density at radius 2 is 2.25 bits per heavy atom. The molecule has 2 rings (SSSR count). The first-order valence-corrected chi connectivity index (χ1v) is 6.74. The van der Waals surface area contributed by atoms with Gasteiger partial charge in [-0.2, -0.15) is 18.3 Å². The van der Waals surface area contributed by atoms with Crippen LogP contribution < -0.4 is 5.32 Å². The third-order valence-corrected chi connectivity index (χ3v) is 3.54. The van der Waals surface area contributed by atoms with E-state index in [1.165, 1.54) is 12.6 Å². The molecule has 1 aliphatic carbocycles. The van der Waals surface area contributed by atoms with Gasteiger partial charge in [-0.15, -0.1) is 0 Å². The molecule has 7 heteroatoms. The number of carbonyl (C=O) groups is 1. The van der Waals surface area contributed by atoms with Gasteiger partial charge < -0.3 is 5.32 Å². The van der Waals surface area contributed by atoms with Crippen molar-refractivity contribution >= 4 is 5.91 Å². The predicted octanol–water partition coefficient (Wildman–Crippen LogP) is 2.60. The van der Waals surface area contributed by atoms with Crippen LogP contribution in [0.2, 0.25) is 0 Å². The number of rotatable bonds is 3. The van der Waals surface area contributed by atoms with Gasteiger partial charge in [0.1, 0.15) is 6.54 Å². The highest BCUT2D eigenvalue weighted by atomic mass is 19.4. The summed E-state index contributed by atoms with van der Waals surface area (Å²) in [5.41, 5.74) is -0.975. The van der Waals surface area contributed by atoms with Gasteiger partial charge in [-0.1, -0.05) is 19.8 Å². The number of alkyl halides is 3. The van der Waals surface area contributed by atoms with Gasteiger partial charge in [0.25, 0.3) is 0 Å². The maximum atomic E-state index is 12.4. The summed E-state index contributed by atoms with van der Waals surface area (Å²) in [6.07, 6.45) is 0.806. The molecule has 1 aromatic heterocycles. The molecule has 20 heavy (non-hydrogen) atoms. The zero-order chi connectivity index (χ0) is 14.8. The van der Waals surface area contributed by atoms with E-state index in [1.54, 1.807) is 0 Å². The molecule has 1 heterocycles. The monoisotopic (exact) mass is 289 g/mol. The molecule has 1 amide bonds. The van der Waals surface area contributed by atoms with Gasteiger partial charge in [0.2, 0.25) is 5.91 Å². The molecule has 0 spiro atoms. The quantitative estimate of drug-likeness (QED) is 0.929. The van der Waals surface area contributed by atoms with Crippen molar-refractivity contribution in [3.63, 3.8) is 0 Å². The number of amides is 1. The van der Waals surface area contributed by atoms with Crippen molar-refractivity contribution in [3.8, 4) is 0 Å². The lowest BCUT2D eigenvalue weighted by Gasteiger charge is -2.27. The second-order valence-electron chi connectivity index (χ2n) is 5.43. The van der Waals surface area contributed by atoms with Crippen molar-refractivity contribution in [2.75, 3.05) is 0 Å². The first kappa shape index (κ1) is 14.9. The van der Waals surface area contributed by atoms with E-state index in [0.29, 0.717) is 5.92 Å². The normalized spacial score (nSPS) is 23.6. The first-order chi connectivity index (χ1) is 9.34. The Bertz CT molecular complexity index is 470. The third kappa shape index (κ3) is 3.98. The molecule has 1 aromatic rings. The summed E-state index contributed by atoms with van der Waals surface area (Å²) in [5, 5.41) is 6.23. The number of aromatic nitrogens is 2. The largest absolute Gasteiger partial charge is 0.435 e. The van der Waals surface area contributed by atoms with E-state index in [9.17, 15) is 18.0 Å². The Kier molecular flexibility index (Phi) is 4.35. The van der Waals surface area contributed by atoms with E-state index in [0.717, 1.165) is 30.0 Å². The van der Waals surface area contributed by atoms with Crippen molar-refractivity contribution in [3.05, 3.63) is 18.0 Å². The van der Waals surface area contributed by atoms with Gasteiger partial charge in [0, 0.05) is 12.2 Å². The molecule has 1 N–H and O–H groups in total. The highest BCUT2D eigenvalue weighted by Gasteiger charge is 2.33. The van der Waals surface area contributed by atoms with Crippen LogP contribution in [-0.4, -0.2) is 21.7 Å². The molecule has 4 nitrogen and oxygen atoms in total. The second kappa shape index (κ2) is 5.85. The molecule has 1 aliphatic rings. The van der Waals surface area contributed by atoms with E-state index < -0.39 is 11.9 Å². The van der Waals surface area contributed by atoms with Crippen LogP contribution in [0.4, 0.5) is 13.2 Å². The Hall–Kier alpha value is -1.53. The average Bonchev–Trinajstić information content (AvgIpc) is 2.76. The molecule has 1 saturated carbocycles. The number of halogens is 3. The average molecular weight is 289 g/mol. The topological polar surface area (TPSA) is 46.9 Å². The number of hydrogen-bond acceptors (Lipinski definition) is 2. The van der Waals surface area contributed by atoms with Crippen LogP contribution >= 0.6 is 0 Å². The standard InChI is InChI=1S/C13H18F3N3O/c1-9-3-2-4-10(7-9)17-12(20)8-19-6-5-11(18-19)13(14,15)16/h5-6,9-10H,2-4,7-8H2,1H3,(H,17,20). The number of hydrogen-bond donors (Lipinski definition) is 1. The summed E-state index contributed by atoms with van der Waals surface area (Å²) in [7, 11) is 0. The highest BCUT2D eigenvalue weighted by Crippen LogP contribution is 2.27. The maximum Gasteiger partial charge on any atom is 0.435 e. The van der Waals surface area contributed by atoms with Crippen molar-refractivity contribution < 1.29 is 18.0 Å². The molecule has 2 atom stereocenters. The molecule has 112 valence electrons. The van der Waals surface area contributed by atoms with Crippen LogP contribution in [0.15, 0.2) is 12.3 Å². The summed E-state index contributed by atoms with van der Waals surface area (Å²) in [6, 6.07) is 1.000.